The molecule has 1 unspecified atom stereocenters. The summed E-state index contributed by atoms with van der Waals surface area (Å²) in [5.41, 5.74) is 1.69. The van der Waals surface area contributed by atoms with Crippen LogP contribution >= 0.6 is 0 Å². The van der Waals surface area contributed by atoms with Crippen LogP contribution in [0.1, 0.15) is 63.3 Å². The normalized spacial score (nSPS) is 19.0. The molecule has 0 radical (unpaired) electrons. The topological polar surface area (TPSA) is 57.6 Å². The third-order valence-electron chi connectivity index (χ3n) is 6.65. The van der Waals surface area contributed by atoms with Gasteiger partial charge in [-0.25, -0.2) is 9.18 Å². The van der Waals surface area contributed by atoms with Gasteiger partial charge in [-0.1, -0.05) is 31.4 Å². The monoisotopic (exact) mass is 440 g/mol. The van der Waals surface area contributed by atoms with Crippen LogP contribution in [-0.2, 0) is 11.3 Å². The lowest BCUT2D eigenvalue weighted by molar-refractivity contribution is -0.134. The summed E-state index contributed by atoms with van der Waals surface area (Å²) in [4.78, 5) is 29.9. The van der Waals surface area contributed by atoms with E-state index in [1.807, 2.05) is 38.2 Å². The summed E-state index contributed by atoms with van der Waals surface area (Å²) in [7, 11) is 0. The summed E-state index contributed by atoms with van der Waals surface area (Å²) in [6.45, 7) is 5.05. The molecule has 6 nitrogen and oxygen atoms in total. The highest BCUT2D eigenvalue weighted by Crippen LogP contribution is 2.33. The number of rotatable bonds is 5. The zero-order valence-electron chi connectivity index (χ0n) is 19.0. The number of aromatic nitrogens is 1. The maximum atomic E-state index is 14.0. The van der Waals surface area contributed by atoms with Gasteiger partial charge in [0.1, 0.15) is 12.4 Å². The highest BCUT2D eigenvalue weighted by molar-refractivity contribution is 5.85. The Morgan fingerprint density at radius 3 is 2.62 bits per heavy atom. The predicted octanol–water partition coefficient (Wildman–Crippen LogP) is 4.31. The molecule has 1 N–H and O–H groups in total. The first-order valence-electron chi connectivity index (χ1n) is 11.7. The average Bonchev–Trinajstić information content (AvgIpc) is 3.26. The van der Waals surface area contributed by atoms with Crippen molar-refractivity contribution in [1.29, 1.82) is 0 Å². The van der Waals surface area contributed by atoms with Crippen LogP contribution in [0.5, 0.6) is 0 Å². The van der Waals surface area contributed by atoms with Crippen molar-refractivity contribution in [3.05, 3.63) is 59.7 Å². The Morgan fingerprint density at radius 2 is 1.91 bits per heavy atom. The first kappa shape index (κ1) is 22.4. The number of fused-ring (bicyclic) bond motifs is 1. The van der Waals surface area contributed by atoms with Crippen LogP contribution < -0.4 is 5.32 Å². The lowest BCUT2D eigenvalue weighted by atomic mass is 9.96. The molecule has 0 saturated heterocycles. The number of hydrogen-bond acceptors (Lipinski definition) is 2. The molecule has 4 rings (SSSR count). The minimum Gasteiger partial charge on any atom is -0.348 e. The van der Waals surface area contributed by atoms with Gasteiger partial charge in [0.05, 0.1) is 6.04 Å². The molecule has 1 aromatic carbocycles. The Hall–Kier alpha value is -2.83. The minimum atomic E-state index is -0.377. The molecular weight excluding hydrogens is 407 g/mol. The number of carbonyl (C=O) groups is 2. The van der Waals surface area contributed by atoms with Crippen LogP contribution in [0.2, 0.25) is 0 Å². The standard InChI is InChI=1S/C25H33FN4O2/c1-18(2)30(25(32)27-21-10-4-3-5-11-21)17-23(31)29-15-14-28-13-7-12-22(28)24(29)19-8-6-9-20(26)16-19/h6-9,12-13,16,18,21,24H,3-5,10-11,14-15,17H2,1-2H3,(H,27,32). The smallest absolute Gasteiger partial charge is 0.318 e. The van der Waals surface area contributed by atoms with E-state index in [2.05, 4.69) is 9.88 Å². The number of amides is 3. The Labute approximate surface area is 189 Å². The maximum absolute atomic E-state index is 14.0. The predicted molar refractivity (Wildman–Crippen MR) is 122 cm³/mol. The largest absolute Gasteiger partial charge is 0.348 e. The van der Waals surface area contributed by atoms with E-state index in [0.717, 1.165) is 36.9 Å². The van der Waals surface area contributed by atoms with Crippen molar-refractivity contribution < 1.29 is 14.0 Å². The fraction of sp³-hybridized carbons (Fsp3) is 0.520. The molecule has 1 saturated carbocycles. The van der Waals surface area contributed by atoms with Crippen molar-refractivity contribution in [2.24, 2.45) is 0 Å². The third kappa shape index (κ3) is 4.81. The van der Waals surface area contributed by atoms with Crippen LogP contribution in [0.3, 0.4) is 0 Å². The molecule has 3 amide bonds. The molecule has 1 aliphatic heterocycles. The zero-order chi connectivity index (χ0) is 22.7. The average molecular weight is 441 g/mol. The summed E-state index contributed by atoms with van der Waals surface area (Å²) in [5, 5.41) is 3.13. The molecule has 32 heavy (non-hydrogen) atoms. The van der Waals surface area contributed by atoms with Crippen LogP contribution in [0, 0.1) is 5.82 Å². The summed E-state index contributed by atoms with van der Waals surface area (Å²) in [6.07, 6.45) is 7.47. The van der Waals surface area contributed by atoms with Crippen LogP contribution in [0.25, 0.3) is 0 Å². The maximum Gasteiger partial charge on any atom is 0.318 e. The van der Waals surface area contributed by atoms with E-state index >= 15 is 0 Å². The molecule has 2 heterocycles. The molecular formula is C25H33FN4O2. The summed E-state index contributed by atoms with van der Waals surface area (Å²) in [6, 6.07) is 9.88. The number of halogens is 1. The molecule has 7 heteroatoms. The first-order chi connectivity index (χ1) is 15.4. The van der Waals surface area contributed by atoms with Crippen molar-refractivity contribution >= 4 is 11.9 Å². The summed E-state index contributed by atoms with van der Waals surface area (Å²) >= 11 is 0. The third-order valence-corrected chi connectivity index (χ3v) is 6.65. The van der Waals surface area contributed by atoms with Gasteiger partial charge in [-0.15, -0.1) is 0 Å². The van der Waals surface area contributed by atoms with E-state index < -0.39 is 0 Å². The van der Waals surface area contributed by atoms with Crippen LogP contribution in [0.4, 0.5) is 9.18 Å². The van der Waals surface area contributed by atoms with E-state index in [4.69, 9.17) is 0 Å². The van der Waals surface area contributed by atoms with Gasteiger partial charge in [0.25, 0.3) is 0 Å². The second-order valence-electron chi connectivity index (χ2n) is 9.18. The molecule has 2 aliphatic rings. The van der Waals surface area contributed by atoms with E-state index in [1.54, 1.807) is 15.9 Å². The van der Waals surface area contributed by atoms with Gasteiger partial charge < -0.3 is 19.7 Å². The van der Waals surface area contributed by atoms with Crippen molar-refractivity contribution in [3.63, 3.8) is 0 Å². The number of carbonyl (C=O) groups excluding carboxylic acids is 2. The lowest BCUT2D eigenvalue weighted by Gasteiger charge is -2.39. The van der Waals surface area contributed by atoms with Gasteiger partial charge in [-0.05, 0) is 56.5 Å². The number of nitrogens with one attached hydrogen (secondary N) is 1. The fourth-order valence-electron chi connectivity index (χ4n) is 4.91. The fourth-order valence-corrected chi connectivity index (χ4v) is 4.91. The second-order valence-corrected chi connectivity index (χ2v) is 9.18. The lowest BCUT2D eigenvalue weighted by Crippen LogP contribution is -2.53. The van der Waals surface area contributed by atoms with E-state index in [-0.39, 0.29) is 42.4 Å². The summed E-state index contributed by atoms with van der Waals surface area (Å²) < 4.78 is 16.1. The van der Waals surface area contributed by atoms with E-state index in [0.29, 0.717) is 13.1 Å². The Bertz CT molecular complexity index is 951. The van der Waals surface area contributed by atoms with Gasteiger partial charge >= 0.3 is 6.03 Å². The molecule has 172 valence electrons. The SMILES string of the molecule is CC(C)N(CC(=O)N1CCn2cccc2C1c1cccc(F)c1)C(=O)NC1CCCCC1. The molecule has 1 fully saturated rings. The van der Waals surface area contributed by atoms with Gasteiger partial charge in [0.2, 0.25) is 5.91 Å². The number of urea groups is 1. The molecule has 0 spiro atoms. The number of hydrogen-bond donors (Lipinski definition) is 1. The van der Waals surface area contributed by atoms with Gasteiger partial charge in [0.15, 0.2) is 0 Å². The van der Waals surface area contributed by atoms with Crippen molar-refractivity contribution in [2.75, 3.05) is 13.1 Å². The molecule has 1 atom stereocenters. The van der Waals surface area contributed by atoms with E-state index in [9.17, 15) is 14.0 Å². The molecule has 0 bridgehead atoms. The molecule has 1 aromatic heterocycles. The quantitative estimate of drug-likeness (QED) is 0.753. The van der Waals surface area contributed by atoms with Crippen molar-refractivity contribution in [2.45, 2.75) is 70.6 Å². The summed E-state index contributed by atoms with van der Waals surface area (Å²) in [5.74, 6) is -0.451. The van der Waals surface area contributed by atoms with Crippen molar-refractivity contribution in [1.82, 2.24) is 19.7 Å². The minimum absolute atomic E-state index is 0.00272. The highest BCUT2D eigenvalue weighted by atomic mass is 19.1. The van der Waals surface area contributed by atoms with Crippen LogP contribution in [0.15, 0.2) is 42.6 Å². The van der Waals surface area contributed by atoms with Gasteiger partial charge in [-0.2, -0.15) is 0 Å². The number of nitrogens with zero attached hydrogens (tertiary/aromatic N) is 3. The zero-order valence-corrected chi connectivity index (χ0v) is 19.0. The van der Waals surface area contributed by atoms with E-state index in [1.165, 1.54) is 18.6 Å². The highest BCUT2D eigenvalue weighted by Gasteiger charge is 2.34. The Balaban J connectivity index is 1.53. The van der Waals surface area contributed by atoms with Gasteiger partial charge in [-0.3, -0.25) is 4.79 Å². The van der Waals surface area contributed by atoms with Gasteiger partial charge in [0, 0.05) is 37.1 Å². The number of benzene rings is 1. The van der Waals surface area contributed by atoms with Crippen LogP contribution in [-0.4, -0.2) is 51.5 Å². The first-order valence-corrected chi connectivity index (χ1v) is 11.7. The molecule has 2 aromatic rings. The second kappa shape index (κ2) is 9.76. The Kier molecular flexibility index (Phi) is 6.82. The Morgan fingerprint density at radius 1 is 1.12 bits per heavy atom. The molecule has 1 aliphatic carbocycles. The van der Waals surface area contributed by atoms with Crippen molar-refractivity contribution in [3.8, 4) is 0 Å².